The summed E-state index contributed by atoms with van der Waals surface area (Å²) in [5.74, 6) is -2.73. The van der Waals surface area contributed by atoms with Crippen LogP contribution in [0.5, 0.6) is 5.75 Å². The van der Waals surface area contributed by atoms with E-state index in [2.05, 4.69) is 5.32 Å². The van der Waals surface area contributed by atoms with Gasteiger partial charge in [-0.3, -0.25) is 4.79 Å². The van der Waals surface area contributed by atoms with Crippen LogP contribution in [0.15, 0.2) is 30.3 Å². The van der Waals surface area contributed by atoms with Crippen molar-refractivity contribution in [2.24, 2.45) is 0 Å². The molecular weight excluding hydrogens is 330 g/mol. The summed E-state index contributed by atoms with van der Waals surface area (Å²) in [6.45, 7) is 3.42. The molecule has 1 saturated heterocycles. The van der Waals surface area contributed by atoms with Crippen LogP contribution >= 0.6 is 0 Å². The van der Waals surface area contributed by atoms with Crippen LogP contribution in [0.25, 0.3) is 11.1 Å². The van der Waals surface area contributed by atoms with Crippen molar-refractivity contribution in [3.05, 3.63) is 42.0 Å². The van der Waals surface area contributed by atoms with Crippen LogP contribution in [-0.4, -0.2) is 37.3 Å². The van der Waals surface area contributed by atoms with E-state index in [1.807, 2.05) is 4.90 Å². The molecule has 132 valence electrons. The molecule has 1 fully saturated rings. The van der Waals surface area contributed by atoms with E-state index in [-0.39, 0.29) is 28.5 Å². The molecule has 2 N–H and O–H groups in total. The summed E-state index contributed by atoms with van der Waals surface area (Å²) in [4.78, 5) is 13.3. The Balaban J connectivity index is 2.20. The number of aromatic hydroxyl groups is 1. The molecule has 1 aliphatic rings. The van der Waals surface area contributed by atoms with Crippen LogP contribution in [0.1, 0.15) is 6.92 Å². The minimum absolute atomic E-state index is 0.0637. The van der Waals surface area contributed by atoms with E-state index in [9.17, 15) is 18.7 Å². The fourth-order valence-electron chi connectivity index (χ4n) is 2.90. The Morgan fingerprint density at radius 3 is 2.60 bits per heavy atom. The minimum Gasteiger partial charge on any atom is -0.505 e. The highest BCUT2D eigenvalue weighted by Gasteiger charge is 2.24. The van der Waals surface area contributed by atoms with E-state index < -0.39 is 11.6 Å². The second kappa shape index (κ2) is 7.06. The first-order valence-corrected chi connectivity index (χ1v) is 7.89. The highest BCUT2D eigenvalue weighted by atomic mass is 19.2. The van der Waals surface area contributed by atoms with Gasteiger partial charge < -0.3 is 20.1 Å². The zero-order chi connectivity index (χ0) is 18.0. The zero-order valence-electron chi connectivity index (χ0n) is 13.7. The van der Waals surface area contributed by atoms with E-state index in [0.717, 1.165) is 6.07 Å². The summed E-state index contributed by atoms with van der Waals surface area (Å²) in [7, 11) is 0. The largest absolute Gasteiger partial charge is 0.505 e. The monoisotopic (exact) mass is 348 g/mol. The van der Waals surface area contributed by atoms with Gasteiger partial charge in [-0.05, 0) is 18.2 Å². The Morgan fingerprint density at radius 1 is 1.20 bits per heavy atom. The fourth-order valence-corrected chi connectivity index (χ4v) is 2.90. The minimum atomic E-state index is -1.05. The Labute approximate surface area is 143 Å². The predicted octanol–water partition coefficient (Wildman–Crippen LogP) is 3.13. The smallest absolute Gasteiger partial charge is 0.221 e. The molecule has 0 aromatic heterocycles. The maximum atomic E-state index is 14.4. The van der Waals surface area contributed by atoms with Gasteiger partial charge in [-0.2, -0.15) is 0 Å². The van der Waals surface area contributed by atoms with E-state index in [1.54, 1.807) is 12.1 Å². The number of nitrogens with zero attached hydrogens (tertiary/aromatic N) is 1. The number of carbonyl (C=O) groups is 1. The van der Waals surface area contributed by atoms with Gasteiger partial charge in [-0.25, -0.2) is 8.78 Å². The molecule has 7 heteroatoms. The van der Waals surface area contributed by atoms with Crippen molar-refractivity contribution in [2.45, 2.75) is 6.92 Å². The molecular formula is C18H18F2N2O3. The number of morpholine rings is 1. The van der Waals surface area contributed by atoms with E-state index in [4.69, 9.17) is 4.74 Å². The lowest BCUT2D eigenvalue weighted by Gasteiger charge is -2.31. The molecule has 1 amide bonds. The van der Waals surface area contributed by atoms with Gasteiger partial charge in [0.2, 0.25) is 5.91 Å². The topological polar surface area (TPSA) is 61.8 Å². The maximum Gasteiger partial charge on any atom is 0.221 e. The molecule has 0 radical (unpaired) electrons. The maximum absolute atomic E-state index is 14.4. The molecule has 2 aromatic rings. The standard InChI is InChI=1S/C18H18F2N2O3/c1-11(23)21-14-5-6-15(22-7-9-25-10-8-22)16(18(14)24)12-3-2-4-13(19)17(12)20/h2-6,24H,7-10H2,1H3,(H,21,23). The molecule has 0 unspecified atom stereocenters. The molecule has 3 rings (SSSR count). The van der Waals surface area contributed by atoms with Crippen molar-refractivity contribution in [2.75, 3.05) is 36.5 Å². The van der Waals surface area contributed by atoms with Crippen molar-refractivity contribution >= 4 is 17.3 Å². The number of hydrogen-bond donors (Lipinski definition) is 2. The summed E-state index contributed by atoms with van der Waals surface area (Å²) < 4.78 is 33.4. The second-order valence-corrected chi connectivity index (χ2v) is 5.74. The number of phenols is 1. The van der Waals surface area contributed by atoms with Crippen LogP contribution in [-0.2, 0) is 9.53 Å². The summed E-state index contributed by atoms with van der Waals surface area (Å²) in [5.41, 5.74) is 0.777. The van der Waals surface area contributed by atoms with Gasteiger partial charge >= 0.3 is 0 Å². The fraction of sp³-hybridized carbons (Fsp3) is 0.278. The Bertz CT molecular complexity index is 805. The third-order valence-corrected chi connectivity index (χ3v) is 4.04. The van der Waals surface area contributed by atoms with Crippen molar-refractivity contribution in [1.82, 2.24) is 0 Å². The molecule has 0 aliphatic carbocycles. The normalized spacial score (nSPS) is 14.4. The number of rotatable bonds is 3. The van der Waals surface area contributed by atoms with Crippen molar-refractivity contribution in [3.8, 4) is 16.9 Å². The third-order valence-electron chi connectivity index (χ3n) is 4.04. The van der Waals surface area contributed by atoms with E-state index >= 15 is 0 Å². The van der Waals surface area contributed by atoms with Gasteiger partial charge in [0.1, 0.15) is 5.75 Å². The van der Waals surface area contributed by atoms with Gasteiger partial charge in [-0.15, -0.1) is 0 Å². The molecule has 2 aromatic carbocycles. The summed E-state index contributed by atoms with van der Waals surface area (Å²) in [6.07, 6.45) is 0. The van der Waals surface area contributed by atoms with Gasteiger partial charge in [0.15, 0.2) is 11.6 Å². The first-order valence-electron chi connectivity index (χ1n) is 7.89. The van der Waals surface area contributed by atoms with Crippen LogP contribution < -0.4 is 10.2 Å². The SMILES string of the molecule is CC(=O)Nc1ccc(N2CCOCC2)c(-c2cccc(F)c2F)c1O. The van der Waals surface area contributed by atoms with Crippen molar-refractivity contribution < 1.29 is 23.4 Å². The Hall–Kier alpha value is -2.67. The molecule has 0 bridgehead atoms. The summed E-state index contributed by atoms with van der Waals surface area (Å²) in [6, 6.07) is 7.01. The van der Waals surface area contributed by atoms with Crippen LogP contribution in [0.3, 0.4) is 0 Å². The average molecular weight is 348 g/mol. The summed E-state index contributed by atoms with van der Waals surface area (Å²) in [5, 5.41) is 13.2. The molecule has 0 atom stereocenters. The number of benzene rings is 2. The van der Waals surface area contributed by atoms with E-state index in [1.165, 1.54) is 19.1 Å². The first kappa shape index (κ1) is 17.2. The van der Waals surface area contributed by atoms with Gasteiger partial charge in [0.05, 0.1) is 24.5 Å². The molecule has 5 nitrogen and oxygen atoms in total. The van der Waals surface area contributed by atoms with Gasteiger partial charge in [-0.1, -0.05) is 12.1 Å². The summed E-state index contributed by atoms with van der Waals surface area (Å²) >= 11 is 0. The lowest BCUT2D eigenvalue weighted by molar-refractivity contribution is -0.114. The van der Waals surface area contributed by atoms with Crippen molar-refractivity contribution in [3.63, 3.8) is 0 Å². The quantitative estimate of drug-likeness (QED) is 0.837. The number of phenolic OH excluding ortho intramolecular Hbond substituents is 1. The molecule has 0 spiro atoms. The lowest BCUT2D eigenvalue weighted by atomic mass is 9.99. The van der Waals surface area contributed by atoms with Gasteiger partial charge in [0.25, 0.3) is 0 Å². The molecule has 1 heterocycles. The van der Waals surface area contributed by atoms with Crippen LogP contribution in [0, 0.1) is 11.6 Å². The number of halogens is 2. The lowest BCUT2D eigenvalue weighted by Crippen LogP contribution is -2.36. The average Bonchev–Trinajstić information content (AvgIpc) is 2.60. The first-order chi connectivity index (χ1) is 12.0. The Morgan fingerprint density at radius 2 is 1.92 bits per heavy atom. The Kier molecular flexibility index (Phi) is 4.85. The number of anilines is 2. The predicted molar refractivity (Wildman–Crippen MR) is 90.8 cm³/mol. The molecule has 25 heavy (non-hydrogen) atoms. The van der Waals surface area contributed by atoms with Crippen molar-refractivity contribution in [1.29, 1.82) is 0 Å². The molecule has 0 saturated carbocycles. The van der Waals surface area contributed by atoms with E-state index in [0.29, 0.717) is 32.0 Å². The number of ether oxygens (including phenoxy) is 1. The number of hydrogen-bond acceptors (Lipinski definition) is 4. The number of amides is 1. The number of carbonyl (C=O) groups excluding carboxylic acids is 1. The third kappa shape index (κ3) is 3.41. The van der Waals surface area contributed by atoms with Gasteiger partial charge in [0, 0.05) is 31.3 Å². The zero-order valence-corrected chi connectivity index (χ0v) is 13.7. The van der Waals surface area contributed by atoms with Crippen LogP contribution in [0.4, 0.5) is 20.2 Å². The number of nitrogens with one attached hydrogen (secondary N) is 1. The highest BCUT2D eigenvalue weighted by molar-refractivity contribution is 5.96. The second-order valence-electron chi connectivity index (χ2n) is 5.74. The highest BCUT2D eigenvalue weighted by Crippen LogP contribution is 2.44. The van der Waals surface area contributed by atoms with Crippen LogP contribution in [0.2, 0.25) is 0 Å². The molecule has 1 aliphatic heterocycles.